The van der Waals surface area contributed by atoms with Crippen LogP contribution in [0.2, 0.25) is 0 Å². The van der Waals surface area contributed by atoms with E-state index in [9.17, 15) is 4.79 Å². The molecule has 1 aromatic heterocycles. The van der Waals surface area contributed by atoms with Gasteiger partial charge in [0.05, 0.1) is 5.33 Å². The van der Waals surface area contributed by atoms with Crippen molar-refractivity contribution in [1.29, 1.82) is 0 Å². The fourth-order valence-electron chi connectivity index (χ4n) is 0.980. The number of ketones is 1. The molecule has 1 nitrogen and oxygen atoms in total. The van der Waals surface area contributed by atoms with Crippen LogP contribution >= 0.6 is 27.3 Å². The summed E-state index contributed by atoms with van der Waals surface area (Å²) in [5.74, 6) is 0.173. The number of alkyl halides is 1. The van der Waals surface area contributed by atoms with Gasteiger partial charge in [0.15, 0.2) is 5.78 Å². The third-order valence-electron chi connectivity index (χ3n) is 1.46. The lowest BCUT2D eigenvalue weighted by Gasteiger charge is -1.91. The molecule has 0 bridgehead atoms. The summed E-state index contributed by atoms with van der Waals surface area (Å²) in [6.07, 6.45) is 0. The Morgan fingerprint density at radius 2 is 2.27 bits per heavy atom. The zero-order chi connectivity index (χ0) is 8.43. The van der Waals surface area contributed by atoms with Crippen molar-refractivity contribution >= 4 is 33.0 Å². The molecule has 1 rings (SSSR count). The maximum absolute atomic E-state index is 11.2. The highest BCUT2D eigenvalue weighted by molar-refractivity contribution is 9.09. The average Bonchev–Trinajstić information content (AvgIpc) is 2.28. The molecule has 3 heteroatoms. The van der Waals surface area contributed by atoms with Crippen LogP contribution in [0.4, 0.5) is 0 Å². The van der Waals surface area contributed by atoms with Crippen LogP contribution in [-0.4, -0.2) is 11.1 Å². The van der Waals surface area contributed by atoms with Crippen molar-refractivity contribution < 1.29 is 4.79 Å². The second-order valence-corrected chi connectivity index (χ2v) is 4.40. The van der Waals surface area contributed by atoms with Crippen molar-refractivity contribution in [3.8, 4) is 0 Å². The van der Waals surface area contributed by atoms with Crippen molar-refractivity contribution in [1.82, 2.24) is 0 Å². The molecule has 0 spiro atoms. The van der Waals surface area contributed by atoms with Crippen LogP contribution in [0.5, 0.6) is 0 Å². The molecule has 0 radical (unpaired) electrons. The summed E-state index contributed by atoms with van der Waals surface area (Å²) in [6.45, 7) is 4.00. The molecular formula is C8H9BrOS. The minimum absolute atomic E-state index is 0.173. The third kappa shape index (κ3) is 1.91. The van der Waals surface area contributed by atoms with Crippen LogP contribution < -0.4 is 0 Å². The van der Waals surface area contributed by atoms with Crippen LogP contribution in [0.15, 0.2) is 6.07 Å². The number of rotatable bonds is 2. The van der Waals surface area contributed by atoms with Crippen LogP contribution in [0.3, 0.4) is 0 Å². The first kappa shape index (κ1) is 8.94. The monoisotopic (exact) mass is 232 g/mol. The first-order chi connectivity index (χ1) is 5.15. The molecule has 0 aliphatic heterocycles. The lowest BCUT2D eigenvalue weighted by Crippen LogP contribution is -1.98. The number of carbonyl (C=O) groups excluding carboxylic acids is 1. The molecule has 0 amide bonds. The smallest absolute Gasteiger partial charge is 0.174 e. The Balaban J connectivity index is 3.03. The van der Waals surface area contributed by atoms with Crippen LogP contribution in [-0.2, 0) is 0 Å². The first-order valence-corrected chi connectivity index (χ1v) is 5.25. The molecule has 0 aromatic carbocycles. The predicted molar refractivity (Wildman–Crippen MR) is 51.9 cm³/mol. The number of halogens is 1. The summed E-state index contributed by atoms with van der Waals surface area (Å²) in [7, 11) is 0. The molecular weight excluding hydrogens is 224 g/mol. The zero-order valence-electron chi connectivity index (χ0n) is 6.48. The fraction of sp³-hybridized carbons (Fsp3) is 0.375. The Kier molecular flexibility index (Phi) is 2.84. The van der Waals surface area contributed by atoms with Gasteiger partial charge in [-0.05, 0) is 19.9 Å². The third-order valence-corrected chi connectivity index (χ3v) is 2.94. The molecule has 1 aromatic rings. The second kappa shape index (κ2) is 3.50. The summed E-state index contributed by atoms with van der Waals surface area (Å²) in [4.78, 5) is 13.5. The summed E-state index contributed by atoms with van der Waals surface area (Å²) in [6, 6.07) is 1.95. The minimum Gasteiger partial charge on any atom is -0.293 e. The number of hydrogen-bond donors (Lipinski definition) is 0. The molecule has 1 heterocycles. The van der Waals surface area contributed by atoms with E-state index in [-0.39, 0.29) is 5.78 Å². The van der Waals surface area contributed by atoms with Crippen LogP contribution in [0.1, 0.15) is 20.1 Å². The molecule has 0 fully saturated rings. The number of thiophene rings is 1. The van der Waals surface area contributed by atoms with Gasteiger partial charge in [0.25, 0.3) is 0 Å². The maximum Gasteiger partial charge on any atom is 0.174 e. The average molecular weight is 233 g/mol. The van der Waals surface area contributed by atoms with Gasteiger partial charge in [-0.2, -0.15) is 0 Å². The topological polar surface area (TPSA) is 17.1 Å². The van der Waals surface area contributed by atoms with Crippen LogP contribution in [0, 0.1) is 13.8 Å². The number of hydrogen-bond acceptors (Lipinski definition) is 2. The highest BCUT2D eigenvalue weighted by atomic mass is 79.9. The molecule has 60 valence electrons. The van der Waals surface area contributed by atoms with E-state index in [1.807, 2.05) is 19.9 Å². The van der Waals surface area contributed by atoms with Gasteiger partial charge in [0.1, 0.15) is 0 Å². The van der Waals surface area contributed by atoms with Gasteiger partial charge in [-0.15, -0.1) is 11.3 Å². The molecule has 11 heavy (non-hydrogen) atoms. The summed E-state index contributed by atoms with van der Waals surface area (Å²) in [5.41, 5.74) is 0.865. The molecule has 0 saturated heterocycles. The van der Waals surface area contributed by atoms with E-state index in [1.165, 1.54) is 4.88 Å². The lowest BCUT2D eigenvalue weighted by atomic mass is 10.2. The fourth-order valence-corrected chi connectivity index (χ4v) is 2.22. The van der Waals surface area contributed by atoms with E-state index in [4.69, 9.17) is 0 Å². The van der Waals surface area contributed by atoms with Crippen molar-refractivity contribution in [2.45, 2.75) is 13.8 Å². The molecule has 0 aliphatic carbocycles. The Morgan fingerprint density at radius 1 is 1.64 bits per heavy atom. The SMILES string of the molecule is Cc1cc(C(=O)CBr)c(C)s1. The van der Waals surface area contributed by atoms with Crippen molar-refractivity contribution in [2.75, 3.05) is 5.33 Å². The molecule has 0 unspecified atom stereocenters. The van der Waals surface area contributed by atoms with Gasteiger partial charge in [0, 0.05) is 15.3 Å². The van der Waals surface area contributed by atoms with E-state index in [2.05, 4.69) is 15.9 Å². The van der Waals surface area contributed by atoms with Gasteiger partial charge in [-0.3, -0.25) is 4.79 Å². The molecule has 0 atom stereocenters. The van der Waals surface area contributed by atoms with Crippen molar-refractivity contribution in [3.63, 3.8) is 0 Å². The van der Waals surface area contributed by atoms with Gasteiger partial charge >= 0.3 is 0 Å². The Bertz CT molecular complexity index is 278. The lowest BCUT2D eigenvalue weighted by molar-refractivity contribution is 0.102. The minimum atomic E-state index is 0.173. The van der Waals surface area contributed by atoms with Gasteiger partial charge < -0.3 is 0 Å². The normalized spacial score (nSPS) is 10.1. The zero-order valence-corrected chi connectivity index (χ0v) is 8.88. The van der Waals surface area contributed by atoms with Crippen LogP contribution in [0.25, 0.3) is 0 Å². The Morgan fingerprint density at radius 3 is 2.64 bits per heavy atom. The number of carbonyl (C=O) groups is 1. The number of Topliss-reactive ketones (excluding diaryl/α,β-unsaturated/α-hetero) is 1. The largest absolute Gasteiger partial charge is 0.293 e. The van der Waals surface area contributed by atoms with Crippen molar-refractivity contribution in [2.24, 2.45) is 0 Å². The van der Waals surface area contributed by atoms with Gasteiger partial charge in [-0.1, -0.05) is 15.9 Å². The predicted octanol–water partition coefficient (Wildman–Crippen LogP) is 2.94. The Labute approximate surface area is 78.6 Å². The highest BCUT2D eigenvalue weighted by Crippen LogP contribution is 2.21. The quantitative estimate of drug-likeness (QED) is 0.567. The van der Waals surface area contributed by atoms with E-state index >= 15 is 0 Å². The standard InChI is InChI=1S/C8H9BrOS/c1-5-3-7(6(2)11-5)8(10)4-9/h3H,4H2,1-2H3. The maximum atomic E-state index is 11.2. The molecule has 0 aliphatic rings. The van der Waals surface area contributed by atoms with Gasteiger partial charge in [0.2, 0.25) is 0 Å². The Hall–Kier alpha value is -0.150. The van der Waals surface area contributed by atoms with E-state index in [0.717, 1.165) is 10.4 Å². The first-order valence-electron chi connectivity index (χ1n) is 3.31. The summed E-state index contributed by atoms with van der Waals surface area (Å²) in [5, 5.41) is 0.421. The summed E-state index contributed by atoms with van der Waals surface area (Å²) >= 11 is 4.82. The molecule has 0 N–H and O–H groups in total. The highest BCUT2D eigenvalue weighted by Gasteiger charge is 2.09. The second-order valence-electron chi connectivity index (χ2n) is 2.38. The summed E-state index contributed by atoms with van der Waals surface area (Å²) < 4.78 is 0. The number of aryl methyl sites for hydroxylation is 2. The van der Waals surface area contributed by atoms with E-state index in [0.29, 0.717) is 5.33 Å². The van der Waals surface area contributed by atoms with Gasteiger partial charge in [-0.25, -0.2) is 0 Å². The molecule has 0 saturated carbocycles. The van der Waals surface area contributed by atoms with Crippen molar-refractivity contribution in [3.05, 3.63) is 21.4 Å². The van der Waals surface area contributed by atoms with E-state index in [1.54, 1.807) is 11.3 Å². The van der Waals surface area contributed by atoms with E-state index < -0.39 is 0 Å².